The molecule has 0 saturated carbocycles. The van der Waals surface area contributed by atoms with Gasteiger partial charge in [-0.3, -0.25) is 4.79 Å². The Morgan fingerprint density at radius 2 is 1.91 bits per heavy atom. The molecule has 1 aromatic heterocycles. The monoisotopic (exact) mass is 329 g/mol. The Morgan fingerprint density at radius 1 is 1.35 bits per heavy atom. The van der Waals surface area contributed by atoms with Crippen LogP contribution in [0.15, 0.2) is 41.3 Å². The van der Waals surface area contributed by atoms with Gasteiger partial charge < -0.3 is 14.8 Å². The predicted molar refractivity (Wildman–Crippen MR) is 76.7 cm³/mol. The molecule has 2 rings (SSSR count). The minimum Gasteiger partial charge on any atom is -0.475 e. The fourth-order valence-corrected chi connectivity index (χ4v) is 1.63. The summed E-state index contributed by atoms with van der Waals surface area (Å²) < 4.78 is 37.4. The van der Waals surface area contributed by atoms with Crippen LogP contribution in [0.1, 0.15) is 11.3 Å². The number of carboxylic acids is 1. The summed E-state index contributed by atoms with van der Waals surface area (Å²) in [7, 11) is 0. The highest BCUT2D eigenvalue weighted by molar-refractivity contribution is 5.87. The normalized spacial score (nSPS) is 10.6. The summed E-state index contributed by atoms with van der Waals surface area (Å²) in [6, 6.07) is 7.82. The van der Waals surface area contributed by atoms with E-state index in [0.29, 0.717) is 6.54 Å². The Kier molecular flexibility index (Phi) is 5.94. The number of alkyl halides is 3. The molecule has 0 fully saturated rings. The molecule has 0 aliphatic carbocycles. The maximum atomic E-state index is 11.0. The Bertz CT molecular complexity index is 719. The third kappa shape index (κ3) is 5.17. The van der Waals surface area contributed by atoms with E-state index >= 15 is 0 Å². The summed E-state index contributed by atoms with van der Waals surface area (Å²) in [5.41, 5.74) is 1.92. The number of rotatable bonds is 3. The lowest BCUT2D eigenvalue weighted by molar-refractivity contribution is -0.192. The van der Waals surface area contributed by atoms with Crippen molar-refractivity contribution in [2.75, 3.05) is 0 Å². The number of benzene rings is 1. The van der Waals surface area contributed by atoms with E-state index in [4.69, 9.17) is 14.3 Å². The molecule has 23 heavy (non-hydrogen) atoms. The number of para-hydroxylation sites is 1. The molecule has 0 atom stereocenters. The summed E-state index contributed by atoms with van der Waals surface area (Å²) in [6.45, 7) is 5.78. The van der Waals surface area contributed by atoms with Crippen molar-refractivity contribution in [3.05, 3.63) is 48.2 Å². The minimum atomic E-state index is -5.08. The second-order valence-corrected chi connectivity index (χ2v) is 4.37. The summed E-state index contributed by atoms with van der Waals surface area (Å²) in [5.74, 6) is -2.16. The van der Waals surface area contributed by atoms with E-state index in [1.165, 1.54) is 6.08 Å². The third-order valence-corrected chi connectivity index (χ3v) is 2.79. The van der Waals surface area contributed by atoms with Gasteiger partial charge in [0.15, 0.2) is 0 Å². The van der Waals surface area contributed by atoms with Crippen molar-refractivity contribution < 1.29 is 32.3 Å². The van der Waals surface area contributed by atoms with Gasteiger partial charge in [0.25, 0.3) is 0 Å². The molecule has 0 aliphatic rings. The zero-order valence-corrected chi connectivity index (χ0v) is 12.1. The van der Waals surface area contributed by atoms with Crippen LogP contribution < -0.4 is 5.32 Å². The van der Waals surface area contributed by atoms with Crippen molar-refractivity contribution in [3.63, 3.8) is 0 Å². The van der Waals surface area contributed by atoms with Gasteiger partial charge in [0, 0.05) is 10.9 Å². The molecule has 2 aromatic rings. The van der Waals surface area contributed by atoms with Crippen molar-refractivity contribution >= 4 is 22.8 Å². The molecule has 0 radical (unpaired) electrons. The Morgan fingerprint density at radius 3 is 2.39 bits per heavy atom. The first-order valence-corrected chi connectivity index (χ1v) is 6.34. The van der Waals surface area contributed by atoms with Gasteiger partial charge in [-0.2, -0.15) is 13.2 Å². The van der Waals surface area contributed by atoms with Gasteiger partial charge in [-0.25, -0.2) is 4.79 Å². The molecule has 1 aromatic carbocycles. The first-order chi connectivity index (χ1) is 10.7. The maximum Gasteiger partial charge on any atom is 0.490 e. The summed E-state index contributed by atoms with van der Waals surface area (Å²) in [5, 5.41) is 10.9. The van der Waals surface area contributed by atoms with Crippen LogP contribution >= 0.6 is 0 Å². The Labute approximate surface area is 129 Å². The quantitative estimate of drug-likeness (QED) is 0.848. The third-order valence-electron chi connectivity index (χ3n) is 2.79. The molecule has 2 N–H and O–H groups in total. The van der Waals surface area contributed by atoms with Crippen LogP contribution in [0.25, 0.3) is 11.0 Å². The first kappa shape index (κ1) is 18.3. The van der Waals surface area contributed by atoms with Crippen LogP contribution in [0.2, 0.25) is 0 Å². The van der Waals surface area contributed by atoms with E-state index in [1.54, 1.807) is 0 Å². The molecule has 0 spiro atoms. The van der Waals surface area contributed by atoms with E-state index in [2.05, 4.69) is 11.9 Å². The van der Waals surface area contributed by atoms with E-state index in [9.17, 15) is 18.0 Å². The molecular weight excluding hydrogens is 315 g/mol. The number of hydrogen-bond donors (Lipinski definition) is 2. The zero-order valence-electron chi connectivity index (χ0n) is 12.1. The summed E-state index contributed by atoms with van der Waals surface area (Å²) in [6.07, 6.45) is -3.84. The first-order valence-electron chi connectivity index (χ1n) is 6.34. The number of furan rings is 1. The Hall–Kier alpha value is -2.77. The number of amides is 1. The molecular formula is C15H14F3NO4. The van der Waals surface area contributed by atoms with Gasteiger partial charge in [-0.05, 0) is 19.1 Å². The van der Waals surface area contributed by atoms with Gasteiger partial charge in [-0.1, -0.05) is 24.8 Å². The summed E-state index contributed by atoms with van der Waals surface area (Å²) >= 11 is 0. The molecule has 1 amide bonds. The molecule has 5 nitrogen and oxygen atoms in total. The second-order valence-electron chi connectivity index (χ2n) is 4.37. The molecule has 124 valence electrons. The standard InChI is InChI=1S/C13H13NO2.C2HF3O2/c1-3-13(15)14-8-12-9(2)10-6-4-5-7-11(10)16-12;3-2(4,5)1(6)7/h3-7H,1,8H2,2H3,(H,14,15);(H,6,7). The smallest absolute Gasteiger partial charge is 0.475 e. The maximum absolute atomic E-state index is 11.0. The topological polar surface area (TPSA) is 79.5 Å². The largest absolute Gasteiger partial charge is 0.490 e. The van der Waals surface area contributed by atoms with E-state index in [1.807, 2.05) is 31.2 Å². The van der Waals surface area contributed by atoms with Gasteiger partial charge in [0.1, 0.15) is 11.3 Å². The SMILES string of the molecule is C=CC(=O)NCc1oc2ccccc2c1C.O=C(O)C(F)(F)F. The molecule has 0 saturated heterocycles. The van der Waals surface area contributed by atoms with Crippen LogP contribution in [-0.4, -0.2) is 23.2 Å². The number of carboxylic acid groups (broad SMARTS) is 1. The van der Waals surface area contributed by atoms with Crippen LogP contribution in [0.4, 0.5) is 13.2 Å². The zero-order chi connectivity index (χ0) is 17.6. The van der Waals surface area contributed by atoms with Crippen LogP contribution in [-0.2, 0) is 16.1 Å². The van der Waals surface area contributed by atoms with E-state index in [-0.39, 0.29) is 5.91 Å². The Balaban J connectivity index is 0.000000322. The number of hydrogen-bond acceptors (Lipinski definition) is 3. The number of carbonyl (C=O) groups is 2. The van der Waals surface area contributed by atoms with Crippen LogP contribution in [0.5, 0.6) is 0 Å². The lowest BCUT2D eigenvalue weighted by atomic mass is 10.1. The average molecular weight is 329 g/mol. The highest BCUT2D eigenvalue weighted by Crippen LogP contribution is 2.24. The number of nitrogens with one attached hydrogen (secondary N) is 1. The highest BCUT2D eigenvalue weighted by atomic mass is 19.4. The van der Waals surface area contributed by atoms with Crippen LogP contribution in [0.3, 0.4) is 0 Å². The lowest BCUT2D eigenvalue weighted by Crippen LogP contribution is -2.21. The van der Waals surface area contributed by atoms with Crippen molar-refractivity contribution in [1.82, 2.24) is 5.32 Å². The molecule has 8 heteroatoms. The van der Waals surface area contributed by atoms with Crippen LogP contribution in [0, 0.1) is 6.92 Å². The summed E-state index contributed by atoms with van der Waals surface area (Å²) in [4.78, 5) is 19.9. The molecule has 0 unspecified atom stereocenters. The van der Waals surface area contributed by atoms with Crippen molar-refractivity contribution in [3.8, 4) is 0 Å². The number of halogens is 3. The van der Waals surface area contributed by atoms with Crippen molar-refractivity contribution in [2.45, 2.75) is 19.6 Å². The number of fused-ring (bicyclic) bond motifs is 1. The predicted octanol–water partition coefficient (Wildman–Crippen LogP) is 3.18. The minimum absolute atomic E-state index is 0.195. The average Bonchev–Trinajstić information content (AvgIpc) is 2.81. The van der Waals surface area contributed by atoms with Crippen molar-refractivity contribution in [1.29, 1.82) is 0 Å². The fourth-order valence-electron chi connectivity index (χ4n) is 1.63. The van der Waals surface area contributed by atoms with Gasteiger partial charge >= 0.3 is 12.1 Å². The number of aryl methyl sites for hydroxylation is 1. The van der Waals surface area contributed by atoms with E-state index < -0.39 is 12.1 Å². The van der Waals surface area contributed by atoms with Gasteiger partial charge in [-0.15, -0.1) is 0 Å². The number of aliphatic carboxylic acids is 1. The second kappa shape index (κ2) is 7.48. The molecule has 0 bridgehead atoms. The molecule has 1 heterocycles. The lowest BCUT2D eigenvalue weighted by Gasteiger charge is -1.99. The van der Waals surface area contributed by atoms with E-state index in [0.717, 1.165) is 22.3 Å². The van der Waals surface area contributed by atoms with Crippen molar-refractivity contribution in [2.24, 2.45) is 0 Å². The highest BCUT2D eigenvalue weighted by Gasteiger charge is 2.38. The van der Waals surface area contributed by atoms with Gasteiger partial charge in [0.2, 0.25) is 5.91 Å². The van der Waals surface area contributed by atoms with Gasteiger partial charge in [0.05, 0.1) is 6.54 Å². The number of carbonyl (C=O) groups excluding carboxylic acids is 1. The fraction of sp³-hybridized carbons (Fsp3) is 0.200. The molecule has 0 aliphatic heterocycles.